The van der Waals surface area contributed by atoms with Gasteiger partial charge < -0.3 is 9.94 Å². The molecule has 0 saturated heterocycles. The molecule has 0 aliphatic heterocycles. The summed E-state index contributed by atoms with van der Waals surface area (Å²) in [7, 11) is 1.26. The number of carbonyl (C=O) groups excluding carboxylic acids is 1. The van der Waals surface area contributed by atoms with Gasteiger partial charge in [0.05, 0.1) is 7.11 Å². The molecule has 0 radical (unpaired) electrons. The lowest BCUT2D eigenvalue weighted by atomic mass is 9.99. The second kappa shape index (κ2) is 4.09. The first-order chi connectivity index (χ1) is 5.35. The van der Waals surface area contributed by atoms with Gasteiger partial charge in [-0.1, -0.05) is 20.8 Å². The Labute approximate surface area is 72.4 Å². The second-order valence-corrected chi connectivity index (χ2v) is 3.65. The fraction of sp³-hybridized carbons (Fsp3) is 0.750. The highest BCUT2D eigenvalue weighted by Crippen LogP contribution is 2.07. The number of rotatable bonds is 2. The minimum Gasteiger partial charge on any atom is -0.624 e. The lowest BCUT2D eigenvalue weighted by Crippen LogP contribution is -2.23. The molecule has 0 N–H and O–H groups in total. The molecule has 0 amide bonds. The summed E-state index contributed by atoms with van der Waals surface area (Å²) in [6.07, 6.45) is 1.45. The zero-order valence-electron chi connectivity index (χ0n) is 7.96. The van der Waals surface area contributed by atoms with Crippen LogP contribution in [0.2, 0.25) is 0 Å². The Balaban J connectivity index is 4.12. The maximum Gasteiger partial charge on any atom is 0.373 e. The van der Waals surface area contributed by atoms with Gasteiger partial charge in [0.15, 0.2) is 6.21 Å². The van der Waals surface area contributed by atoms with Crippen LogP contribution in [0, 0.1) is 10.6 Å². The van der Waals surface area contributed by atoms with Gasteiger partial charge in [0, 0.05) is 5.41 Å². The van der Waals surface area contributed by atoms with E-state index in [9.17, 15) is 10.0 Å². The maximum atomic E-state index is 11.0. The highest BCUT2D eigenvalue weighted by Gasteiger charge is 2.13. The summed E-state index contributed by atoms with van der Waals surface area (Å²) in [5.74, 6) is -0.523. The van der Waals surface area contributed by atoms with Gasteiger partial charge in [-0.05, 0) is 0 Å². The molecule has 0 atom stereocenters. The van der Waals surface area contributed by atoms with Crippen molar-refractivity contribution in [1.29, 1.82) is 0 Å². The normalized spacial score (nSPS) is 12.8. The van der Waals surface area contributed by atoms with Crippen LogP contribution < -0.4 is 0 Å². The molecule has 0 rings (SSSR count). The van der Waals surface area contributed by atoms with E-state index in [1.807, 2.05) is 20.8 Å². The molecular formula is C8H15NO3. The van der Waals surface area contributed by atoms with Crippen LogP contribution in [0.25, 0.3) is 0 Å². The molecule has 0 spiro atoms. The number of nitrogens with zero attached hydrogens (tertiary/aromatic N) is 1. The standard InChI is InChI=1S/C8H15NO3/c1-8(2,3)6-9(11)5-7(10)12-4/h6H,5H2,1-4H3/b9-6-. The SMILES string of the molecule is COC(=O)C/[N+]([O-])=C/C(C)(C)C. The molecule has 0 aromatic heterocycles. The predicted molar refractivity (Wildman–Crippen MR) is 46.0 cm³/mol. The van der Waals surface area contributed by atoms with Gasteiger partial charge in [-0.3, -0.25) is 0 Å². The summed E-state index contributed by atoms with van der Waals surface area (Å²) in [6, 6.07) is 0. The molecule has 0 bridgehead atoms. The predicted octanol–water partition coefficient (Wildman–Crippen LogP) is 0.787. The number of hydrogen-bond donors (Lipinski definition) is 0. The van der Waals surface area contributed by atoms with Gasteiger partial charge in [-0.15, -0.1) is 0 Å². The number of carbonyl (C=O) groups is 1. The average Bonchev–Trinajstić information content (AvgIpc) is 1.82. The van der Waals surface area contributed by atoms with Crippen molar-refractivity contribution in [2.24, 2.45) is 5.41 Å². The Hall–Kier alpha value is -1.06. The number of methoxy groups -OCH3 is 1. The first-order valence-electron chi connectivity index (χ1n) is 3.72. The molecule has 0 heterocycles. The highest BCUT2D eigenvalue weighted by molar-refractivity contribution is 5.71. The van der Waals surface area contributed by atoms with E-state index in [1.54, 1.807) is 0 Å². The molecule has 0 aromatic rings. The fourth-order valence-corrected chi connectivity index (χ4v) is 0.669. The summed E-state index contributed by atoms with van der Waals surface area (Å²) in [5, 5.41) is 11.0. The smallest absolute Gasteiger partial charge is 0.373 e. The van der Waals surface area contributed by atoms with Gasteiger partial charge >= 0.3 is 5.97 Å². The van der Waals surface area contributed by atoms with Gasteiger partial charge in [-0.2, -0.15) is 0 Å². The molecule has 4 heteroatoms. The van der Waals surface area contributed by atoms with Crippen molar-refractivity contribution in [3.8, 4) is 0 Å². The van der Waals surface area contributed by atoms with Crippen molar-refractivity contribution in [3.05, 3.63) is 5.21 Å². The van der Waals surface area contributed by atoms with E-state index < -0.39 is 5.97 Å². The lowest BCUT2D eigenvalue weighted by molar-refractivity contribution is -0.446. The molecule has 70 valence electrons. The van der Waals surface area contributed by atoms with Gasteiger partial charge in [0.25, 0.3) is 0 Å². The maximum absolute atomic E-state index is 11.0. The molecule has 0 unspecified atom stereocenters. The monoisotopic (exact) mass is 173 g/mol. The molecule has 0 aromatic carbocycles. The Morgan fingerprint density at radius 1 is 1.58 bits per heavy atom. The molecule has 0 aliphatic rings. The number of esters is 1. The molecule has 0 saturated carbocycles. The number of ether oxygens (including phenoxy) is 1. The Morgan fingerprint density at radius 3 is 2.42 bits per heavy atom. The van der Waals surface area contributed by atoms with Crippen LogP contribution in [-0.4, -0.2) is 30.6 Å². The van der Waals surface area contributed by atoms with Crippen molar-refractivity contribution in [2.75, 3.05) is 13.7 Å². The van der Waals surface area contributed by atoms with Crippen molar-refractivity contribution >= 4 is 12.2 Å². The van der Waals surface area contributed by atoms with E-state index in [1.165, 1.54) is 13.3 Å². The van der Waals surface area contributed by atoms with Gasteiger partial charge in [0.2, 0.25) is 6.54 Å². The first kappa shape index (κ1) is 10.9. The molecule has 0 aliphatic carbocycles. The van der Waals surface area contributed by atoms with Crippen LogP contribution in [0.4, 0.5) is 0 Å². The number of hydroxylamine groups is 1. The summed E-state index contributed by atoms with van der Waals surface area (Å²) < 4.78 is 4.92. The van der Waals surface area contributed by atoms with E-state index in [2.05, 4.69) is 4.74 Å². The van der Waals surface area contributed by atoms with Crippen molar-refractivity contribution in [3.63, 3.8) is 0 Å². The largest absolute Gasteiger partial charge is 0.624 e. The van der Waals surface area contributed by atoms with E-state index >= 15 is 0 Å². The van der Waals surface area contributed by atoms with Crippen LogP contribution >= 0.6 is 0 Å². The minimum atomic E-state index is -0.523. The van der Waals surface area contributed by atoms with Crippen LogP contribution in [0.15, 0.2) is 0 Å². The van der Waals surface area contributed by atoms with Crippen LogP contribution in [-0.2, 0) is 9.53 Å². The lowest BCUT2D eigenvalue weighted by Gasteiger charge is -2.11. The quantitative estimate of drug-likeness (QED) is 0.204. The van der Waals surface area contributed by atoms with Crippen LogP contribution in [0.3, 0.4) is 0 Å². The molecule has 12 heavy (non-hydrogen) atoms. The summed E-state index contributed by atoms with van der Waals surface area (Å²) in [4.78, 5) is 10.6. The minimum absolute atomic E-state index is 0.213. The van der Waals surface area contributed by atoms with Crippen molar-refractivity contribution in [1.82, 2.24) is 0 Å². The zero-order chi connectivity index (χ0) is 9.78. The molecule has 4 nitrogen and oxygen atoms in total. The Morgan fingerprint density at radius 2 is 2.08 bits per heavy atom. The second-order valence-electron chi connectivity index (χ2n) is 3.65. The topological polar surface area (TPSA) is 52.4 Å². The van der Waals surface area contributed by atoms with Crippen molar-refractivity contribution < 1.29 is 14.3 Å². The van der Waals surface area contributed by atoms with E-state index in [0.29, 0.717) is 4.74 Å². The van der Waals surface area contributed by atoms with E-state index in [0.717, 1.165) is 0 Å². The van der Waals surface area contributed by atoms with Gasteiger partial charge in [-0.25, -0.2) is 9.53 Å². The summed E-state index contributed by atoms with van der Waals surface area (Å²) in [6.45, 7) is 5.41. The van der Waals surface area contributed by atoms with Crippen molar-refractivity contribution in [2.45, 2.75) is 20.8 Å². The molecule has 0 fully saturated rings. The van der Waals surface area contributed by atoms with Crippen LogP contribution in [0.5, 0.6) is 0 Å². The van der Waals surface area contributed by atoms with Gasteiger partial charge in [0.1, 0.15) is 0 Å². The zero-order valence-corrected chi connectivity index (χ0v) is 7.96. The summed E-state index contributed by atoms with van der Waals surface area (Å²) in [5.41, 5.74) is -0.213. The third-order valence-corrected chi connectivity index (χ3v) is 1.04. The third-order valence-electron chi connectivity index (χ3n) is 1.04. The Bertz CT molecular complexity index is 191. The van der Waals surface area contributed by atoms with Crippen LogP contribution in [0.1, 0.15) is 20.8 Å². The number of hydrogen-bond acceptors (Lipinski definition) is 3. The Kier molecular flexibility index (Phi) is 3.73. The first-order valence-corrected chi connectivity index (χ1v) is 3.72. The summed E-state index contributed by atoms with van der Waals surface area (Å²) >= 11 is 0. The molecular weight excluding hydrogens is 158 g/mol. The highest BCUT2D eigenvalue weighted by atomic mass is 16.5. The van der Waals surface area contributed by atoms with E-state index in [-0.39, 0.29) is 12.0 Å². The average molecular weight is 173 g/mol. The third kappa shape index (κ3) is 5.70. The fourth-order valence-electron chi connectivity index (χ4n) is 0.669. The van der Waals surface area contributed by atoms with E-state index in [4.69, 9.17) is 0 Å².